The molecule has 2 rings (SSSR count). The lowest BCUT2D eigenvalue weighted by molar-refractivity contribution is -0.385. The zero-order valence-corrected chi connectivity index (χ0v) is 12.3. The molecule has 0 amide bonds. The number of phenolic OH excluding ortho intramolecular Hbond substituents is 1. The Morgan fingerprint density at radius 1 is 1.18 bits per heavy atom. The van der Waals surface area contributed by atoms with Gasteiger partial charge in [0, 0.05) is 17.8 Å². The minimum atomic E-state index is -3.88. The third-order valence-electron chi connectivity index (χ3n) is 2.86. The second-order valence-electron chi connectivity index (χ2n) is 4.53. The maximum Gasteiger partial charge on any atom is 0.311 e. The lowest BCUT2D eigenvalue weighted by atomic mass is 10.2. The Morgan fingerprint density at radius 3 is 2.41 bits per heavy atom. The van der Waals surface area contributed by atoms with Gasteiger partial charge in [0.15, 0.2) is 5.75 Å². The van der Waals surface area contributed by atoms with Crippen LogP contribution < -0.4 is 0 Å². The Kier molecular flexibility index (Phi) is 4.22. The van der Waals surface area contributed by atoms with Crippen LogP contribution in [-0.4, -0.2) is 24.7 Å². The van der Waals surface area contributed by atoms with Crippen molar-refractivity contribution in [1.82, 2.24) is 0 Å². The Morgan fingerprint density at radius 2 is 1.82 bits per heavy atom. The molecule has 0 aliphatic rings. The van der Waals surface area contributed by atoms with Gasteiger partial charge in [-0.1, -0.05) is 17.7 Å². The fourth-order valence-electron chi connectivity index (χ4n) is 1.67. The van der Waals surface area contributed by atoms with E-state index in [4.69, 9.17) is 0 Å². The van der Waals surface area contributed by atoms with Crippen molar-refractivity contribution in [2.45, 2.75) is 11.8 Å². The summed E-state index contributed by atoms with van der Waals surface area (Å²) < 4.78 is 27.5. The van der Waals surface area contributed by atoms with Crippen molar-refractivity contribution in [2.75, 3.05) is 0 Å². The summed E-state index contributed by atoms with van der Waals surface area (Å²) in [6.45, 7) is 1.83. The Hall–Kier alpha value is -2.74. The average molecular weight is 320 g/mol. The molecule has 0 aliphatic carbocycles. The van der Waals surface area contributed by atoms with E-state index >= 15 is 0 Å². The van der Waals surface area contributed by atoms with E-state index in [1.54, 1.807) is 12.1 Å². The second kappa shape index (κ2) is 5.94. The van der Waals surface area contributed by atoms with Crippen molar-refractivity contribution < 1.29 is 18.4 Å². The highest BCUT2D eigenvalue weighted by Crippen LogP contribution is 2.25. The van der Waals surface area contributed by atoms with E-state index in [9.17, 15) is 23.6 Å². The Balaban J connectivity index is 2.33. The first-order valence-electron chi connectivity index (χ1n) is 6.14. The molecule has 0 saturated carbocycles. The van der Waals surface area contributed by atoms with E-state index in [0.717, 1.165) is 23.9 Å². The molecule has 0 unspecified atom stereocenters. The molecule has 0 heterocycles. The molecule has 0 fully saturated rings. The van der Waals surface area contributed by atoms with Gasteiger partial charge in [0.05, 0.1) is 9.82 Å². The standard InChI is InChI=1S/C14H12N2O5S/c1-10-2-5-12(6-3-10)22(20,21)15-9-11-4-7-14(17)13(8-11)16(18)19/h2-9,17H,1H3/b15-9-. The third kappa shape index (κ3) is 3.47. The quantitative estimate of drug-likeness (QED) is 0.528. The highest BCUT2D eigenvalue weighted by Gasteiger charge is 2.14. The number of nitro groups is 1. The summed E-state index contributed by atoms with van der Waals surface area (Å²) in [7, 11) is -3.88. The zero-order chi connectivity index (χ0) is 16.3. The molecule has 2 aromatic carbocycles. The lowest BCUT2D eigenvalue weighted by Gasteiger charge is -2.00. The average Bonchev–Trinajstić information content (AvgIpc) is 2.46. The Bertz CT molecular complexity index is 842. The number of nitro benzene ring substituents is 1. The minimum Gasteiger partial charge on any atom is -0.502 e. The molecule has 0 radical (unpaired) electrons. The van der Waals surface area contributed by atoms with Crippen LogP contribution >= 0.6 is 0 Å². The van der Waals surface area contributed by atoms with Crippen molar-refractivity contribution in [3.63, 3.8) is 0 Å². The van der Waals surface area contributed by atoms with Crippen LogP contribution in [0.4, 0.5) is 5.69 Å². The van der Waals surface area contributed by atoms with E-state index in [0.29, 0.717) is 0 Å². The molecule has 114 valence electrons. The minimum absolute atomic E-state index is 0.0302. The van der Waals surface area contributed by atoms with Crippen molar-refractivity contribution in [3.8, 4) is 5.75 Å². The predicted molar refractivity (Wildman–Crippen MR) is 80.7 cm³/mol. The first kappa shape index (κ1) is 15.6. The van der Waals surface area contributed by atoms with Crippen LogP contribution in [0, 0.1) is 17.0 Å². The SMILES string of the molecule is Cc1ccc(S(=O)(=O)/N=C\c2ccc(O)c([N+](=O)[O-])c2)cc1. The number of sulfonamides is 1. The highest BCUT2D eigenvalue weighted by molar-refractivity contribution is 7.90. The maximum atomic E-state index is 12.0. The van der Waals surface area contributed by atoms with Gasteiger partial charge in [-0.25, -0.2) is 0 Å². The molecule has 0 aliphatic heterocycles. The van der Waals surface area contributed by atoms with E-state index < -0.39 is 26.4 Å². The van der Waals surface area contributed by atoms with Crippen LogP contribution in [0.3, 0.4) is 0 Å². The van der Waals surface area contributed by atoms with Crippen LogP contribution in [0.15, 0.2) is 51.8 Å². The van der Waals surface area contributed by atoms with Gasteiger partial charge >= 0.3 is 5.69 Å². The zero-order valence-electron chi connectivity index (χ0n) is 11.5. The summed E-state index contributed by atoms with van der Waals surface area (Å²) >= 11 is 0. The summed E-state index contributed by atoms with van der Waals surface area (Å²) in [6.07, 6.45) is 1.00. The van der Waals surface area contributed by atoms with Crippen molar-refractivity contribution in [1.29, 1.82) is 0 Å². The van der Waals surface area contributed by atoms with Gasteiger partial charge in [0.1, 0.15) is 0 Å². The first-order chi connectivity index (χ1) is 10.3. The second-order valence-corrected chi connectivity index (χ2v) is 6.16. The normalized spacial score (nSPS) is 11.7. The topological polar surface area (TPSA) is 110 Å². The predicted octanol–water partition coefficient (Wildman–Crippen LogP) is 2.42. The van der Waals surface area contributed by atoms with Gasteiger partial charge in [0.2, 0.25) is 0 Å². The maximum absolute atomic E-state index is 12.0. The molecule has 0 spiro atoms. The number of nitrogens with zero attached hydrogens (tertiary/aromatic N) is 2. The Labute approximate surface area is 126 Å². The molecule has 0 bridgehead atoms. The molecule has 0 saturated heterocycles. The molecule has 22 heavy (non-hydrogen) atoms. The van der Waals surface area contributed by atoms with Crippen LogP contribution in [0.1, 0.15) is 11.1 Å². The monoisotopic (exact) mass is 320 g/mol. The number of rotatable bonds is 4. The van der Waals surface area contributed by atoms with Gasteiger partial charge < -0.3 is 5.11 Å². The van der Waals surface area contributed by atoms with Crippen molar-refractivity contribution >= 4 is 21.9 Å². The highest BCUT2D eigenvalue weighted by atomic mass is 32.2. The largest absolute Gasteiger partial charge is 0.502 e. The van der Waals surface area contributed by atoms with Crippen LogP contribution in [0.5, 0.6) is 5.75 Å². The van der Waals surface area contributed by atoms with Gasteiger partial charge in [-0.3, -0.25) is 10.1 Å². The molecule has 2 aromatic rings. The fourth-order valence-corrected chi connectivity index (χ4v) is 2.53. The van der Waals surface area contributed by atoms with E-state index in [1.807, 2.05) is 6.92 Å². The molecule has 7 nitrogen and oxygen atoms in total. The van der Waals surface area contributed by atoms with E-state index in [-0.39, 0.29) is 10.5 Å². The summed E-state index contributed by atoms with van der Waals surface area (Å²) in [4.78, 5) is 9.98. The van der Waals surface area contributed by atoms with Gasteiger partial charge in [0.25, 0.3) is 10.0 Å². The van der Waals surface area contributed by atoms with Gasteiger partial charge in [-0.2, -0.15) is 12.8 Å². The number of hydrogen-bond donors (Lipinski definition) is 1. The number of hydrogen-bond acceptors (Lipinski definition) is 5. The number of aryl methyl sites for hydroxylation is 1. The number of benzene rings is 2. The first-order valence-corrected chi connectivity index (χ1v) is 7.58. The van der Waals surface area contributed by atoms with Crippen LogP contribution in [0.25, 0.3) is 0 Å². The molecular formula is C14H12N2O5S. The summed E-state index contributed by atoms with van der Waals surface area (Å²) in [5.74, 6) is -0.497. The third-order valence-corrected chi connectivity index (χ3v) is 4.11. The smallest absolute Gasteiger partial charge is 0.311 e. The van der Waals surface area contributed by atoms with Crippen molar-refractivity contribution in [2.24, 2.45) is 4.40 Å². The molecule has 0 aromatic heterocycles. The van der Waals surface area contributed by atoms with E-state index in [2.05, 4.69) is 4.40 Å². The number of aromatic hydroxyl groups is 1. The van der Waals surface area contributed by atoms with Crippen LogP contribution in [-0.2, 0) is 10.0 Å². The molecule has 1 N–H and O–H groups in total. The van der Waals surface area contributed by atoms with Crippen LogP contribution in [0.2, 0.25) is 0 Å². The van der Waals surface area contributed by atoms with Crippen molar-refractivity contribution in [3.05, 3.63) is 63.7 Å². The van der Waals surface area contributed by atoms with E-state index in [1.165, 1.54) is 18.2 Å². The molecular weight excluding hydrogens is 308 g/mol. The molecule has 0 atom stereocenters. The molecule has 8 heteroatoms. The number of phenols is 1. The summed E-state index contributed by atoms with van der Waals surface area (Å²) in [5.41, 5.74) is 0.592. The summed E-state index contributed by atoms with van der Waals surface area (Å²) in [5, 5.41) is 20.0. The lowest BCUT2D eigenvalue weighted by Crippen LogP contribution is -1.98. The fraction of sp³-hybridized carbons (Fsp3) is 0.0714. The summed E-state index contributed by atoms with van der Waals surface area (Å²) in [6, 6.07) is 9.64. The van der Waals surface area contributed by atoms with Gasteiger partial charge in [-0.15, -0.1) is 0 Å². The van der Waals surface area contributed by atoms with Gasteiger partial charge in [-0.05, 0) is 31.2 Å².